The molecule has 0 nitrogen and oxygen atoms in total. The van der Waals surface area contributed by atoms with Gasteiger partial charge in [0.25, 0.3) is 0 Å². The molecule has 0 fully saturated rings. The summed E-state index contributed by atoms with van der Waals surface area (Å²) in [5.41, 5.74) is 0. The normalized spacial score (nSPS) is 15.5. The van der Waals surface area contributed by atoms with Crippen molar-refractivity contribution in [1.82, 2.24) is 0 Å². The van der Waals surface area contributed by atoms with Crippen LogP contribution in [0.1, 0.15) is 0 Å². The number of hydrogen-bond acceptors (Lipinski definition) is 0. The van der Waals surface area contributed by atoms with Crippen molar-refractivity contribution < 1.29 is 11.5 Å². The Morgan fingerprint density at radius 2 is 0.810 bits per heavy atom. The molecule has 0 N–H and O–H groups in total. The van der Waals surface area contributed by atoms with Crippen LogP contribution in [0.4, 0.5) is 0 Å². The summed E-state index contributed by atoms with van der Waals surface area (Å²) in [5.74, 6) is 0. The standard InChI is InChI=1S/2C6H5.2C3H9P.Ni/c2*1-2-4-6-5-3-1;2*1-4(2)3;/h2*1-5H;2*1-3H3;/q;;;;-2/p+2. The second-order valence-corrected chi connectivity index (χ2v) is 31.6. The van der Waals surface area contributed by atoms with E-state index in [9.17, 15) is 0 Å². The zero-order valence-electron chi connectivity index (χ0n) is 14.1. The van der Waals surface area contributed by atoms with E-state index in [1.54, 1.807) is 9.07 Å². The summed E-state index contributed by atoms with van der Waals surface area (Å²) in [6.07, 6.45) is 0. The maximum absolute atomic E-state index is 2.57. The number of rotatable bonds is 4. The Morgan fingerprint density at radius 1 is 0.524 bits per heavy atom. The maximum atomic E-state index is 2.57. The van der Waals surface area contributed by atoms with Crippen LogP contribution in [0.25, 0.3) is 0 Å². The summed E-state index contributed by atoms with van der Waals surface area (Å²) in [4.78, 5) is 0. The second kappa shape index (κ2) is 6.12. The molecule has 0 aliphatic heterocycles. The van der Waals surface area contributed by atoms with Gasteiger partial charge in [-0.05, 0) is 0 Å². The Balaban J connectivity index is 2.87. The van der Waals surface area contributed by atoms with Crippen LogP contribution in [0.15, 0.2) is 60.7 Å². The van der Waals surface area contributed by atoms with Crippen molar-refractivity contribution in [1.29, 1.82) is 0 Å². The van der Waals surface area contributed by atoms with E-state index in [0.29, 0.717) is 0 Å². The Morgan fingerprint density at radius 3 is 1.05 bits per heavy atom. The Bertz CT molecular complexity index is 525. The van der Waals surface area contributed by atoms with Gasteiger partial charge in [-0.1, -0.05) is 0 Å². The fourth-order valence-corrected chi connectivity index (χ4v) is 44.6. The summed E-state index contributed by atoms with van der Waals surface area (Å²) >= 11 is -1.05. The Kier molecular flexibility index (Phi) is 5.00. The van der Waals surface area contributed by atoms with Crippen LogP contribution in [-0.2, 0) is 11.5 Å². The summed E-state index contributed by atoms with van der Waals surface area (Å²) in [5, 5.41) is 0. The molecule has 2 rings (SSSR count). The topological polar surface area (TPSA) is 0 Å². The monoisotopic (exact) mass is 366 g/mol. The first kappa shape index (κ1) is 17.2. The fourth-order valence-electron chi connectivity index (χ4n) is 3.03. The zero-order chi connectivity index (χ0) is 15.7. The van der Waals surface area contributed by atoms with Gasteiger partial charge in [-0.15, -0.1) is 0 Å². The van der Waals surface area contributed by atoms with Crippen LogP contribution in [-0.4, -0.2) is 40.0 Å². The van der Waals surface area contributed by atoms with Gasteiger partial charge in [-0.2, -0.15) is 0 Å². The Labute approximate surface area is 133 Å². The molecule has 0 saturated carbocycles. The van der Waals surface area contributed by atoms with Crippen molar-refractivity contribution in [2.75, 3.05) is 40.0 Å². The summed E-state index contributed by atoms with van der Waals surface area (Å²) in [6.45, 7) is 15.4. The third-order valence-corrected chi connectivity index (χ3v) is 36.7. The molecule has 0 aromatic heterocycles. The van der Waals surface area contributed by atoms with Crippen LogP contribution in [0.5, 0.6) is 0 Å². The summed E-state index contributed by atoms with van der Waals surface area (Å²) in [6, 6.07) is 20.0. The van der Waals surface area contributed by atoms with Crippen LogP contribution in [0.2, 0.25) is 0 Å². The van der Waals surface area contributed by atoms with Gasteiger partial charge in [0.2, 0.25) is 0 Å². The van der Waals surface area contributed by atoms with Gasteiger partial charge in [-0.3, -0.25) is 0 Å². The first-order chi connectivity index (χ1) is 9.71. The molecular formula is C18H30NiP2. The van der Waals surface area contributed by atoms with Crippen molar-refractivity contribution in [2.24, 2.45) is 0 Å². The molecule has 0 aliphatic carbocycles. The van der Waals surface area contributed by atoms with E-state index in [2.05, 4.69) is 101 Å². The van der Waals surface area contributed by atoms with Gasteiger partial charge in [0, 0.05) is 0 Å². The summed E-state index contributed by atoms with van der Waals surface area (Å²) in [7, 11) is 0. The van der Waals surface area contributed by atoms with Gasteiger partial charge in [0.05, 0.1) is 0 Å². The fraction of sp³-hybridized carbons (Fsp3) is 0.333. The molecule has 0 aliphatic rings. The van der Waals surface area contributed by atoms with Gasteiger partial charge in [-0.25, -0.2) is 0 Å². The molecule has 122 valence electrons. The zero-order valence-corrected chi connectivity index (χ0v) is 17.1. The molecule has 2 aromatic rings. The van der Waals surface area contributed by atoms with Crippen LogP contribution >= 0.6 is 12.1 Å². The third-order valence-electron chi connectivity index (χ3n) is 3.40. The van der Waals surface area contributed by atoms with Crippen molar-refractivity contribution in [3.63, 3.8) is 0 Å². The third kappa shape index (κ3) is 2.99. The first-order valence-corrected chi connectivity index (χ1v) is 18.0. The molecule has 0 heterocycles. The number of hydrogen-bond donors (Lipinski definition) is 0. The molecule has 2 aromatic carbocycles. The van der Waals surface area contributed by atoms with Crippen LogP contribution in [0, 0.1) is 0 Å². The van der Waals surface area contributed by atoms with Crippen molar-refractivity contribution in [3.8, 4) is 0 Å². The second-order valence-electron chi connectivity index (χ2n) is 6.94. The van der Waals surface area contributed by atoms with E-state index < -0.39 is 23.6 Å². The number of benzene rings is 2. The van der Waals surface area contributed by atoms with E-state index in [-0.39, 0.29) is 0 Å². The molecule has 0 amide bonds. The van der Waals surface area contributed by atoms with Crippen LogP contribution in [0.3, 0.4) is 0 Å². The average Bonchev–Trinajstić information content (AvgIpc) is 2.38. The molecule has 0 atom stereocenters. The SMILES string of the molecule is C[PH](C)(C)[Ni]([c]1ccccc1)([c]1ccccc1)[PH](C)(C)C. The molecular weight excluding hydrogens is 337 g/mol. The molecule has 0 bridgehead atoms. The van der Waals surface area contributed by atoms with Crippen molar-refractivity contribution in [3.05, 3.63) is 60.7 Å². The van der Waals surface area contributed by atoms with E-state index in [0.717, 1.165) is 0 Å². The molecule has 0 radical (unpaired) electrons. The predicted molar refractivity (Wildman–Crippen MR) is 104 cm³/mol. The average molecular weight is 367 g/mol. The molecule has 0 spiro atoms. The van der Waals surface area contributed by atoms with E-state index in [1.807, 2.05) is 0 Å². The molecule has 0 unspecified atom stereocenters. The Hall–Kier alpha value is -0.206. The van der Waals surface area contributed by atoms with Gasteiger partial charge < -0.3 is 0 Å². The predicted octanol–water partition coefficient (Wildman–Crippen LogP) is 3.90. The van der Waals surface area contributed by atoms with E-state index >= 15 is 0 Å². The van der Waals surface area contributed by atoms with Gasteiger partial charge in [0.15, 0.2) is 0 Å². The van der Waals surface area contributed by atoms with Crippen molar-refractivity contribution >= 4 is 21.1 Å². The van der Waals surface area contributed by atoms with Crippen LogP contribution < -0.4 is 9.07 Å². The summed E-state index contributed by atoms with van der Waals surface area (Å²) < 4.78 is 3.23. The van der Waals surface area contributed by atoms with E-state index in [1.165, 1.54) is 0 Å². The molecule has 3 heteroatoms. The van der Waals surface area contributed by atoms with Crippen molar-refractivity contribution in [2.45, 2.75) is 0 Å². The first-order valence-electron chi connectivity index (χ1n) is 7.45. The molecule has 0 saturated heterocycles. The van der Waals surface area contributed by atoms with E-state index in [4.69, 9.17) is 0 Å². The van der Waals surface area contributed by atoms with Gasteiger partial charge >= 0.3 is 133 Å². The van der Waals surface area contributed by atoms with Gasteiger partial charge in [0.1, 0.15) is 0 Å². The molecule has 21 heavy (non-hydrogen) atoms. The quantitative estimate of drug-likeness (QED) is 0.568. The minimum atomic E-state index is -1.40. The minimum absolute atomic E-state index is 1.05.